The lowest BCUT2D eigenvalue weighted by molar-refractivity contribution is -0.384. The van der Waals surface area contributed by atoms with Crippen LogP contribution in [0.2, 0.25) is 5.02 Å². The quantitative estimate of drug-likeness (QED) is 0.674. The molecule has 1 aliphatic rings. The Kier molecular flexibility index (Phi) is 4.38. The molecule has 1 aromatic carbocycles. The molecule has 1 unspecified atom stereocenters. The lowest BCUT2D eigenvalue weighted by atomic mass is 10.1. The van der Waals surface area contributed by atoms with Crippen molar-refractivity contribution in [2.45, 2.75) is 25.4 Å². The summed E-state index contributed by atoms with van der Waals surface area (Å²) in [5.74, 6) is 0. The smallest absolute Gasteiger partial charge is 0.292 e. The van der Waals surface area contributed by atoms with Gasteiger partial charge >= 0.3 is 0 Å². The molecule has 1 aromatic rings. The van der Waals surface area contributed by atoms with Gasteiger partial charge in [0, 0.05) is 24.2 Å². The fraction of sp³-hybridized carbons (Fsp3) is 0.500. The molecule has 0 spiro atoms. The number of nitrogens with one attached hydrogen (secondary N) is 1. The number of halogens is 1. The number of hydrogen-bond acceptors (Lipinski definition) is 4. The maximum atomic E-state index is 10.9. The fourth-order valence-corrected chi connectivity index (χ4v) is 2.17. The van der Waals surface area contributed by atoms with Gasteiger partial charge < -0.3 is 10.1 Å². The first kappa shape index (κ1) is 13.1. The highest BCUT2D eigenvalue weighted by Crippen LogP contribution is 2.28. The number of nitro benzene ring substituents is 1. The summed E-state index contributed by atoms with van der Waals surface area (Å²) in [6.07, 6.45) is 3.34. The molecule has 6 heteroatoms. The standard InChI is InChI=1S/C12H15ClN2O3/c13-9-4-5-12(15(16)17)11(7-9)14-8-10-3-1-2-6-18-10/h4-5,7,10,14H,1-3,6,8H2. The molecule has 0 radical (unpaired) electrons. The van der Waals surface area contributed by atoms with Gasteiger partial charge in [-0.1, -0.05) is 11.6 Å². The Balaban J connectivity index is 2.03. The van der Waals surface area contributed by atoms with E-state index in [4.69, 9.17) is 16.3 Å². The van der Waals surface area contributed by atoms with E-state index < -0.39 is 4.92 Å². The zero-order chi connectivity index (χ0) is 13.0. The highest BCUT2D eigenvalue weighted by atomic mass is 35.5. The normalized spacial score (nSPS) is 19.5. The van der Waals surface area contributed by atoms with Crippen LogP contribution in [-0.2, 0) is 4.74 Å². The number of nitro groups is 1. The van der Waals surface area contributed by atoms with Crippen LogP contribution >= 0.6 is 11.6 Å². The summed E-state index contributed by atoms with van der Waals surface area (Å²) in [6.45, 7) is 1.34. The van der Waals surface area contributed by atoms with Gasteiger partial charge in [-0.15, -0.1) is 0 Å². The van der Waals surface area contributed by atoms with E-state index in [1.54, 1.807) is 6.07 Å². The van der Waals surface area contributed by atoms with Gasteiger partial charge in [-0.05, 0) is 31.4 Å². The second-order valence-electron chi connectivity index (χ2n) is 4.29. The van der Waals surface area contributed by atoms with Crippen LogP contribution < -0.4 is 5.32 Å². The van der Waals surface area contributed by atoms with Gasteiger partial charge in [0.2, 0.25) is 0 Å². The number of rotatable bonds is 4. The molecule has 1 N–H and O–H groups in total. The highest BCUT2D eigenvalue weighted by molar-refractivity contribution is 6.31. The van der Waals surface area contributed by atoms with E-state index in [9.17, 15) is 10.1 Å². The molecular formula is C12H15ClN2O3. The predicted octanol–water partition coefficient (Wildman–Crippen LogP) is 3.23. The van der Waals surface area contributed by atoms with E-state index in [1.807, 2.05) is 0 Å². The van der Waals surface area contributed by atoms with Crippen LogP contribution in [0, 0.1) is 10.1 Å². The first-order valence-corrected chi connectivity index (χ1v) is 6.34. The largest absolute Gasteiger partial charge is 0.377 e. The van der Waals surface area contributed by atoms with Crippen molar-refractivity contribution in [2.75, 3.05) is 18.5 Å². The van der Waals surface area contributed by atoms with Gasteiger partial charge in [-0.25, -0.2) is 0 Å². The van der Waals surface area contributed by atoms with Crippen molar-refractivity contribution < 1.29 is 9.66 Å². The van der Waals surface area contributed by atoms with Crippen molar-refractivity contribution in [1.82, 2.24) is 0 Å². The maximum absolute atomic E-state index is 10.9. The Morgan fingerprint density at radius 2 is 2.33 bits per heavy atom. The summed E-state index contributed by atoms with van der Waals surface area (Å²) in [5, 5.41) is 14.4. The molecule has 18 heavy (non-hydrogen) atoms. The summed E-state index contributed by atoms with van der Waals surface area (Å²) < 4.78 is 5.56. The van der Waals surface area contributed by atoms with Crippen molar-refractivity contribution >= 4 is 23.0 Å². The van der Waals surface area contributed by atoms with Gasteiger partial charge in [0.1, 0.15) is 5.69 Å². The van der Waals surface area contributed by atoms with Gasteiger partial charge in [0.05, 0.1) is 11.0 Å². The second-order valence-corrected chi connectivity index (χ2v) is 4.72. The SMILES string of the molecule is O=[N+]([O-])c1ccc(Cl)cc1NCC1CCCCO1. The van der Waals surface area contributed by atoms with E-state index in [1.165, 1.54) is 12.1 Å². The lowest BCUT2D eigenvalue weighted by Gasteiger charge is -2.23. The van der Waals surface area contributed by atoms with Crippen LogP contribution in [0.5, 0.6) is 0 Å². The molecule has 0 aromatic heterocycles. The molecule has 1 heterocycles. The van der Waals surface area contributed by atoms with Crippen molar-refractivity contribution in [1.29, 1.82) is 0 Å². The minimum absolute atomic E-state index is 0.0372. The Bertz CT molecular complexity index is 433. The zero-order valence-electron chi connectivity index (χ0n) is 9.89. The molecule has 1 fully saturated rings. The predicted molar refractivity (Wildman–Crippen MR) is 70.2 cm³/mol. The van der Waals surface area contributed by atoms with Gasteiger partial charge in [-0.3, -0.25) is 10.1 Å². The molecule has 1 saturated heterocycles. The van der Waals surface area contributed by atoms with Crippen molar-refractivity contribution in [2.24, 2.45) is 0 Å². The van der Waals surface area contributed by atoms with Crippen LogP contribution in [0.3, 0.4) is 0 Å². The molecular weight excluding hydrogens is 256 g/mol. The fourth-order valence-electron chi connectivity index (χ4n) is 2.00. The average Bonchev–Trinajstić information content (AvgIpc) is 2.37. The van der Waals surface area contributed by atoms with Crippen LogP contribution in [0.4, 0.5) is 11.4 Å². The summed E-state index contributed by atoms with van der Waals surface area (Å²) in [4.78, 5) is 10.5. The van der Waals surface area contributed by atoms with Crippen LogP contribution in [0.1, 0.15) is 19.3 Å². The van der Waals surface area contributed by atoms with Crippen LogP contribution in [-0.4, -0.2) is 24.2 Å². The van der Waals surface area contributed by atoms with Gasteiger partial charge in [-0.2, -0.15) is 0 Å². The second kappa shape index (κ2) is 6.02. The number of nitrogens with zero attached hydrogens (tertiary/aromatic N) is 1. The molecule has 5 nitrogen and oxygen atoms in total. The molecule has 0 aliphatic carbocycles. The first-order valence-electron chi connectivity index (χ1n) is 5.96. The average molecular weight is 271 g/mol. The minimum Gasteiger partial charge on any atom is -0.377 e. The van der Waals surface area contributed by atoms with E-state index in [2.05, 4.69) is 5.32 Å². The number of anilines is 1. The molecule has 0 bridgehead atoms. The topological polar surface area (TPSA) is 64.4 Å². The molecule has 0 saturated carbocycles. The molecule has 0 amide bonds. The molecule has 98 valence electrons. The zero-order valence-corrected chi connectivity index (χ0v) is 10.7. The van der Waals surface area contributed by atoms with E-state index in [0.717, 1.165) is 25.9 Å². The Hall–Kier alpha value is -1.33. The van der Waals surface area contributed by atoms with Crippen molar-refractivity contribution in [3.8, 4) is 0 Å². The van der Waals surface area contributed by atoms with Crippen LogP contribution in [0.15, 0.2) is 18.2 Å². The van der Waals surface area contributed by atoms with E-state index >= 15 is 0 Å². The Morgan fingerprint density at radius 3 is 3.00 bits per heavy atom. The summed E-state index contributed by atoms with van der Waals surface area (Å²) in [7, 11) is 0. The Morgan fingerprint density at radius 1 is 1.50 bits per heavy atom. The first-order chi connectivity index (χ1) is 8.66. The molecule has 1 aliphatic heterocycles. The van der Waals surface area contributed by atoms with Crippen molar-refractivity contribution in [3.05, 3.63) is 33.3 Å². The third kappa shape index (κ3) is 3.34. The maximum Gasteiger partial charge on any atom is 0.292 e. The Labute approximate surface area is 110 Å². The lowest BCUT2D eigenvalue weighted by Crippen LogP contribution is -2.27. The molecule has 1 atom stereocenters. The number of ether oxygens (including phenoxy) is 1. The van der Waals surface area contributed by atoms with Crippen LogP contribution in [0.25, 0.3) is 0 Å². The summed E-state index contributed by atoms with van der Waals surface area (Å²) in [5.41, 5.74) is 0.483. The third-order valence-corrected chi connectivity index (χ3v) is 3.18. The monoisotopic (exact) mass is 270 g/mol. The minimum atomic E-state index is -0.416. The number of benzene rings is 1. The van der Waals surface area contributed by atoms with E-state index in [-0.39, 0.29) is 11.8 Å². The van der Waals surface area contributed by atoms with E-state index in [0.29, 0.717) is 17.3 Å². The summed E-state index contributed by atoms with van der Waals surface area (Å²) >= 11 is 5.85. The van der Waals surface area contributed by atoms with Gasteiger partial charge in [0.15, 0.2) is 0 Å². The van der Waals surface area contributed by atoms with Crippen molar-refractivity contribution in [3.63, 3.8) is 0 Å². The third-order valence-electron chi connectivity index (χ3n) is 2.95. The summed E-state index contributed by atoms with van der Waals surface area (Å²) in [6, 6.07) is 4.50. The van der Waals surface area contributed by atoms with Gasteiger partial charge in [0.25, 0.3) is 5.69 Å². The highest BCUT2D eigenvalue weighted by Gasteiger charge is 2.17. The molecule has 2 rings (SSSR count). The number of hydrogen-bond donors (Lipinski definition) is 1.